The number of carbonyl (C=O) groups excluding carboxylic acids is 2. The Morgan fingerprint density at radius 3 is 2.00 bits per heavy atom. The number of carbonyl (C=O) groups is 1. The number of ether oxygens (including phenoxy) is 2. The summed E-state index contributed by atoms with van der Waals surface area (Å²) in [5, 5.41) is 0. The van der Waals surface area contributed by atoms with E-state index in [1.54, 1.807) is 41.5 Å². The van der Waals surface area contributed by atoms with Gasteiger partial charge in [-0.05, 0) is 41.5 Å². The quantitative estimate of drug-likeness (QED) is 0.464. The molecule has 2 N–H and O–H groups in total. The van der Waals surface area contributed by atoms with Crippen LogP contribution in [0.3, 0.4) is 0 Å². The van der Waals surface area contributed by atoms with Crippen molar-refractivity contribution in [3.63, 3.8) is 0 Å². The van der Waals surface area contributed by atoms with Crippen molar-refractivity contribution in [3.8, 4) is 0 Å². The Kier molecular flexibility index (Phi) is 5.22. The van der Waals surface area contributed by atoms with Gasteiger partial charge in [0.1, 0.15) is 5.60 Å². The number of isocyanates is 1. The maximum absolute atomic E-state index is 11.9. The SMILES string of the molecule is CC(C)(C)OCC(N)(N=C=O)C(=O)OC(C)(C)C. The van der Waals surface area contributed by atoms with E-state index < -0.39 is 22.8 Å². The highest BCUT2D eigenvalue weighted by Crippen LogP contribution is 2.17. The number of esters is 1. The minimum Gasteiger partial charge on any atom is -0.457 e. The van der Waals surface area contributed by atoms with Gasteiger partial charge < -0.3 is 9.47 Å². The minimum absolute atomic E-state index is 0.249. The van der Waals surface area contributed by atoms with Crippen LogP contribution in [0.4, 0.5) is 0 Å². The van der Waals surface area contributed by atoms with Gasteiger partial charge in [-0.15, -0.1) is 0 Å². The topological polar surface area (TPSA) is 91.0 Å². The number of nitrogens with two attached hydrogens (primary N) is 1. The summed E-state index contributed by atoms with van der Waals surface area (Å²) >= 11 is 0. The lowest BCUT2D eigenvalue weighted by Crippen LogP contribution is -2.54. The van der Waals surface area contributed by atoms with E-state index in [2.05, 4.69) is 4.99 Å². The highest BCUT2D eigenvalue weighted by atomic mass is 16.6. The van der Waals surface area contributed by atoms with Gasteiger partial charge in [0.05, 0.1) is 12.2 Å². The van der Waals surface area contributed by atoms with Gasteiger partial charge in [-0.2, -0.15) is 4.99 Å². The van der Waals surface area contributed by atoms with Gasteiger partial charge >= 0.3 is 5.97 Å². The molecule has 0 aromatic rings. The standard InChI is InChI=1S/C12H22N2O4/c1-10(2,3)17-7-12(13,14-8-15)9(16)18-11(4,5)6/h7,13H2,1-6H3. The van der Waals surface area contributed by atoms with Crippen LogP contribution < -0.4 is 5.73 Å². The molecule has 0 aliphatic heterocycles. The van der Waals surface area contributed by atoms with E-state index >= 15 is 0 Å². The first kappa shape index (κ1) is 16.8. The van der Waals surface area contributed by atoms with E-state index in [1.165, 1.54) is 6.08 Å². The molecule has 0 radical (unpaired) electrons. The molecule has 1 atom stereocenters. The highest BCUT2D eigenvalue weighted by Gasteiger charge is 2.39. The van der Waals surface area contributed by atoms with Gasteiger partial charge in [-0.25, -0.2) is 9.59 Å². The molecule has 0 aromatic heterocycles. The predicted molar refractivity (Wildman–Crippen MR) is 66.6 cm³/mol. The van der Waals surface area contributed by atoms with Crippen molar-refractivity contribution in [2.24, 2.45) is 10.7 Å². The zero-order valence-corrected chi connectivity index (χ0v) is 11.9. The van der Waals surface area contributed by atoms with Crippen LogP contribution in [-0.4, -0.2) is 35.5 Å². The number of aliphatic imine (C=N–C) groups is 1. The van der Waals surface area contributed by atoms with E-state index in [1.807, 2.05) is 0 Å². The summed E-state index contributed by atoms with van der Waals surface area (Å²) in [5.41, 5.74) is 2.65. The van der Waals surface area contributed by atoms with Crippen LogP contribution in [0.1, 0.15) is 41.5 Å². The number of nitrogens with zero attached hydrogens (tertiary/aromatic N) is 1. The van der Waals surface area contributed by atoms with Crippen molar-refractivity contribution < 1.29 is 19.1 Å². The first-order valence-electron chi connectivity index (χ1n) is 5.65. The van der Waals surface area contributed by atoms with Gasteiger partial charge in [0.15, 0.2) is 0 Å². The number of hydrogen-bond acceptors (Lipinski definition) is 6. The van der Waals surface area contributed by atoms with Crippen LogP contribution in [-0.2, 0) is 19.1 Å². The lowest BCUT2D eigenvalue weighted by molar-refractivity contribution is -0.165. The Morgan fingerprint density at radius 1 is 1.17 bits per heavy atom. The smallest absolute Gasteiger partial charge is 0.352 e. The molecule has 0 fully saturated rings. The molecule has 0 heterocycles. The van der Waals surface area contributed by atoms with E-state index in [9.17, 15) is 9.59 Å². The van der Waals surface area contributed by atoms with Crippen molar-refractivity contribution in [2.45, 2.75) is 58.4 Å². The summed E-state index contributed by atoms with van der Waals surface area (Å²) in [6, 6.07) is 0. The third-order valence-corrected chi connectivity index (χ3v) is 1.72. The normalized spacial score (nSPS) is 15.5. The Morgan fingerprint density at radius 2 is 1.67 bits per heavy atom. The zero-order chi connectivity index (χ0) is 14.6. The van der Waals surface area contributed by atoms with Crippen LogP contribution >= 0.6 is 0 Å². The molecular weight excluding hydrogens is 236 g/mol. The van der Waals surface area contributed by atoms with Crippen molar-refractivity contribution in [1.82, 2.24) is 0 Å². The van der Waals surface area contributed by atoms with Crippen LogP contribution in [0.15, 0.2) is 4.99 Å². The molecule has 0 spiro atoms. The first-order chi connectivity index (χ1) is 7.90. The molecule has 0 aliphatic carbocycles. The zero-order valence-electron chi connectivity index (χ0n) is 11.9. The molecule has 6 heteroatoms. The molecule has 0 saturated heterocycles. The molecule has 1 unspecified atom stereocenters. The van der Waals surface area contributed by atoms with Gasteiger partial charge in [0.25, 0.3) is 0 Å². The molecule has 0 rings (SSSR count). The maximum atomic E-state index is 11.9. The maximum Gasteiger partial charge on any atom is 0.352 e. The fourth-order valence-electron chi connectivity index (χ4n) is 0.911. The van der Waals surface area contributed by atoms with Crippen molar-refractivity contribution in [1.29, 1.82) is 0 Å². The molecule has 0 saturated carbocycles. The lowest BCUT2D eigenvalue weighted by Gasteiger charge is -2.29. The van der Waals surface area contributed by atoms with Gasteiger partial charge in [0, 0.05) is 0 Å². The van der Waals surface area contributed by atoms with Crippen LogP contribution in [0, 0.1) is 0 Å². The summed E-state index contributed by atoms with van der Waals surface area (Å²) in [7, 11) is 0. The van der Waals surface area contributed by atoms with Crippen molar-refractivity contribution >= 4 is 12.0 Å². The second-order valence-corrected chi connectivity index (χ2v) is 6.03. The molecule has 18 heavy (non-hydrogen) atoms. The number of hydrogen-bond donors (Lipinski definition) is 1. The average molecular weight is 258 g/mol. The van der Waals surface area contributed by atoms with Crippen molar-refractivity contribution in [2.75, 3.05) is 6.61 Å². The molecule has 0 aromatic carbocycles. The van der Waals surface area contributed by atoms with Crippen LogP contribution in [0.25, 0.3) is 0 Å². The van der Waals surface area contributed by atoms with Crippen molar-refractivity contribution in [3.05, 3.63) is 0 Å². The van der Waals surface area contributed by atoms with Gasteiger partial charge in [0.2, 0.25) is 11.7 Å². The van der Waals surface area contributed by atoms with Gasteiger partial charge in [-0.1, -0.05) is 0 Å². The third-order valence-electron chi connectivity index (χ3n) is 1.72. The third kappa shape index (κ3) is 6.49. The Balaban J connectivity index is 4.92. The fraction of sp³-hybridized carbons (Fsp3) is 0.833. The molecule has 0 amide bonds. The Bertz CT molecular complexity index is 348. The summed E-state index contributed by atoms with van der Waals surface area (Å²) in [6.45, 7) is 10.2. The average Bonchev–Trinajstić information content (AvgIpc) is 2.11. The van der Waals surface area contributed by atoms with E-state index in [0.717, 1.165) is 0 Å². The summed E-state index contributed by atoms with van der Waals surface area (Å²) in [4.78, 5) is 25.6. The summed E-state index contributed by atoms with van der Waals surface area (Å²) < 4.78 is 10.5. The van der Waals surface area contributed by atoms with Crippen LogP contribution in [0.5, 0.6) is 0 Å². The minimum atomic E-state index is -1.86. The Labute approximate surface area is 108 Å². The Hall–Kier alpha value is -1.23. The molecule has 0 bridgehead atoms. The first-order valence-corrected chi connectivity index (χ1v) is 5.65. The molecule has 0 aliphatic rings. The molecule has 6 nitrogen and oxygen atoms in total. The highest BCUT2D eigenvalue weighted by molar-refractivity contribution is 5.81. The molecule has 104 valence electrons. The fourth-order valence-corrected chi connectivity index (χ4v) is 0.911. The van der Waals surface area contributed by atoms with E-state index in [-0.39, 0.29) is 6.61 Å². The number of rotatable bonds is 4. The van der Waals surface area contributed by atoms with Crippen LogP contribution in [0.2, 0.25) is 0 Å². The summed E-state index contributed by atoms with van der Waals surface area (Å²) in [6.07, 6.45) is 1.28. The molecular formula is C12H22N2O4. The second-order valence-electron chi connectivity index (χ2n) is 6.03. The second kappa shape index (κ2) is 5.61. The van der Waals surface area contributed by atoms with E-state index in [4.69, 9.17) is 15.2 Å². The van der Waals surface area contributed by atoms with E-state index in [0.29, 0.717) is 0 Å². The van der Waals surface area contributed by atoms with Gasteiger partial charge in [-0.3, -0.25) is 5.73 Å². The largest absolute Gasteiger partial charge is 0.457 e. The predicted octanol–water partition coefficient (Wildman–Crippen LogP) is 1.13. The lowest BCUT2D eigenvalue weighted by atomic mass is 10.1. The monoisotopic (exact) mass is 258 g/mol. The summed E-state index contributed by atoms with van der Waals surface area (Å²) in [5.74, 6) is -0.817.